The molecule has 0 unspecified atom stereocenters. The lowest BCUT2D eigenvalue weighted by Gasteiger charge is -2.09. The van der Waals surface area contributed by atoms with Crippen molar-refractivity contribution in [2.75, 3.05) is 7.11 Å². The van der Waals surface area contributed by atoms with Crippen LogP contribution in [0, 0.1) is 17.0 Å². The van der Waals surface area contributed by atoms with Crippen LogP contribution in [0.25, 0.3) is 0 Å². The maximum atomic E-state index is 11.2. The van der Waals surface area contributed by atoms with Crippen LogP contribution in [-0.4, -0.2) is 18.0 Å². The molecule has 0 saturated carbocycles. The van der Waals surface area contributed by atoms with Gasteiger partial charge in [0.2, 0.25) is 0 Å². The van der Waals surface area contributed by atoms with Gasteiger partial charge < -0.3 is 10.5 Å². The number of hydrogen-bond donors (Lipinski definition) is 1. The molecular formula is C10H13ClN2O4. The molecule has 1 aromatic rings. The second-order valence-corrected chi connectivity index (χ2v) is 3.30. The molecule has 7 heteroatoms. The van der Waals surface area contributed by atoms with Crippen molar-refractivity contribution in [1.82, 2.24) is 0 Å². The molecule has 0 aliphatic carbocycles. The first-order valence-electron chi connectivity index (χ1n) is 4.55. The normalized spacial score (nSPS) is 11.2. The molecule has 0 aliphatic heterocycles. The molecule has 0 fully saturated rings. The predicted molar refractivity (Wildman–Crippen MR) is 64.0 cm³/mol. The Bertz CT molecular complexity index is 436. The SMILES string of the molecule is COC(=O)[C@H](N)c1ccc(C)c([N+](=O)[O-])c1.Cl. The lowest BCUT2D eigenvalue weighted by Crippen LogP contribution is -2.22. The molecule has 0 amide bonds. The maximum absolute atomic E-state index is 11.2. The number of halogens is 1. The summed E-state index contributed by atoms with van der Waals surface area (Å²) in [4.78, 5) is 21.3. The summed E-state index contributed by atoms with van der Waals surface area (Å²) in [5, 5.41) is 10.7. The maximum Gasteiger partial charge on any atom is 0.327 e. The summed E-state index contributed by atoms with van der Waals surface area (Å²) in [6, 6.07) is 3.42. The van der Waals surface area contributed by atoms with Crippen LogP contribution < -0.4 is 5.73 Å². The highest BCUT2D eigenvalue weighted by Gasteiger charge is 2.20. The number of nitro groups is 1. The van der Waals surface area contributed by atoms with Crippen molar-refractivity contribution in [3.63, 3.8) is 0 Å². The third kappa shape index (κ3) is 3.40. The quantitative estimate of drug-likeness (QED) is 0.505. The van der Waals surface area contributed by atoms with Crippen LogP contribution in [0.1, 0.15) is 17.2 Å². The van der Waals surface area contributed by atoms with Gasteiger partial charge in [-0.25, -0.2) is 0 Å². The fraction of sp³-hybridized carbons (Fsp3) is 0.300. The molecule has 1 aromatic carbocycles. The lowest BCUT2D eigenvalue weighted by molar-refractivity contribution is -0.385. The zero-order valence-corrected chi connectivity index (χ0v) is 10.2. The first-order chi connectivity index (χ1) is 7.47. The molecular weight excluding hydrogens is 248 g/mol. The molecule has 0 bridgehead atoms. The molecule has 0 spiro atoms. The third-order valence-corrected chi connectivity index (χ3v) is 2.24. The number of carbonyl (C=O) groups excluding carboxylic acids is 1. The molecule has 0 aliphatic rings. The number of nitrogens with two attached hydrogens (primary N) is 1. The van der Waals surface area contributed by atoms with E-state index >= 15 is 0 Å². The number of ether oxygens (including phenoxy) is 1. The van der Waals surface area contributed by atoms with Crippen molar-refractivity contribution in [2.45, 2.75) is 13.0 Å². The highest BCUT2D eigenvalue weighted by atomic mass is 35.5. The van der Waals surface area contributed by atoms with E-state index in [9.17, 15) is 14.9 Å². The second kappa shape index (κ2) is 6.17. The molecule has 94 valence electrons. The third-order valence-electron chi connectivity index (χ3n) is 2.24. The number of methoxy groups -OCH3 is 1. The van der Waals surface area contributed by atoms with Crippen LogP contribution in [0.15, 0.2) is 18.2 Å². The monoisotopic (exact) mass is 260 g/mol. The Morgan fingerprint density at radius 1 is 1.53 bits per heavy atom. The molecule has 1 rings (SSSR count). The Balaban J connectivity index is 0.00000256. The van der Waals surface area contributed by atoms with Gasteiger partial charge in [-0.05, 0) is 12.5 Å². The minimum absolute atomic E-state index is 0. The van der Waals surface area contributed by atoms with Crippen LogP contribution in [0.5, 0.6) is 0 Å². The molecule has 0 saturated heterocycles. The summed E-state index contributed by atoms with van der Waals surface area (Å²) in [5.74, 6) is -0.627. The lowest BCUT2D eigenvalue weighted by atomic mass is 10.0. The van der Waals surface area contributed by atoms with Gasteiger partial charge in [0.1, 0.15) is 6.04 Å². The van der Waals surface area contributed by atoms with Gasteiger partial charge in [-0.3, -0.25) is 14.9 Å². The van der Waals surface area contributed by atoms with Crippen molar-refractivity contribution in [3.05, 3.63) is 39.4 Å². The Morgan fingerprint density at radius 3 is 2.59 bits per heavy atom. The Morgan fingerprint density at radius 2 is 2.12 bits per heavy atom. The summed E-state index contributed by atoms with van der Waals surface area (Å²) < 4.78 is 4.46. The van der Waals surface area contributed by atoms with E-state index in [1.165, 1.54) is 13.2 Å². The van der Waals surface area contributed by atoms with E-state index in [2.05, 4.69) is 4.74 Å². The Labute approximate surface area is 104 Å². The van der Waals surface area contributed by atoms with Gasteiger partial charge in [0.05, 0.1) is 12.0 Å². The van der Waals surface area contributed by atoms with E-state index in [0.29, 0.717) is 11.1 Å². The first kappa shape index (κ1) is 15.3. The van der Waals surface area contributed by atoms with Gasteiger partial charge >= 0.3 is 5.97 Å². The van der Waals surface area contributed by atoms with Crippen molar-refractivity contribution < 1.29 is 14.5 Å². The summed E-state index contributed by atoms with van der Waals surface area (Å²) in [6.07, 6.45) is 0. The van der Waals surface area contributed by atoms with Gasteiger partial charge in [-0.2, -0.15) is 0 Å². The van der Waals surface area contributed by atoms with E-state index in [1.807, 2.05) is 0 Å². The highest BCUT2D eigenvalue weighted by Crippen LogP contribution is 2.22. The van der Waals surface area contributed by atoms with E-state index in [1.54, 1.807) is 19.1 Å². The fourth-order valence-corrected chi connectivity index (χ4v) is 1.28. The number of hydrogen-bond acceptors (Lipinski definition) is 5. The average Bonchev–Trinajstić information content (AvgIpc) is 2.27. The van der Waals surface area contributed by atoms with Gasteiger partial charge in [-0.15, -0.1) is 12.4 Å². The standard InChI is InChI=1S/C10H12N2O4.ClH/c1-6-3-4-7(5-8(6)12(14)15)9(11)10(13)16-2;/h3-5,9H,11H2,1-2H3;1H/t9-;/m1./s1. The molecule has 2 N–H and O–H groups in total. The highest BCUT2D eigenvalue weighted by molar-refractivity contribution is 5.85. The predicted octanol–water partition coefficient (Wildman–Crippen LogP) is 1.50. The van der Waals surface area contributed by atoms with Gasteiger partial charge in [-0.1, -0.05) is 12.1 Å². The minimum atomic E-state index is -0.996. The van der Waals surface area contributed by atoms with Crippen molar-refractivity contribution in [2.24, 2.45) is 5.73 Å². The van der Waals surface area contributed by atoms with Crippen LogP contribution >= 0.6 is 12.4 Å². The first-order valence-corrected chi connectivity index (χ1v) is 4.55. The van der Waals surface area contributed by atoms with Gasteiger partial charge in [0.15, 0.2) is 0 Å². The number of esters is 1. The van der Waals surface area contributed by atoms with Crippen molar-refractivity contribution in [1.29, 1.82) is 0 Å². The summed E-state index contributed by atoms with van der Waals surface area (Å²) in [6.45, 7) is 1.62. The smallest absolute Gasteiger partial charge is 0.327 e. The zero-order chi connectivity index (χ0) is 12.3. The minimum Gasteiger partial charge on any atom is -0.468 e. The van der Waals surface area contributed by atoms with E-state index in [0.717, 1.165) is 0 Å². The van der Waals surface area contributed by atoms with Gasteiger partial charge in [0.25, 0.3) is 5.69 Å². The number of aryl methyl sites for hydroxylation is 1. The van der Waals surface area contributed by atoms with Crippen molar-refractivity contribution in [3.8, 4) is 0 Å². The van der Waals surface area contributed by atoms with Crippen LogP contribution in [0.4, 0.5) is 5.69 Å². The number of benzene rings is 1. The molecule has 0 heterocycles. The van der Waals surface area contributed by atoms with Crippen LogP contribution in [-0.2, 0) is 9.53 Å². The number of carbonyl (C=O) groups is 1. The summed E-state index contributed by atoms with van der Waals surface area (Å²) >= 11 is 0. The Kier molecular flexibility index (Phi) is 5.57. The molecule has 17 heavy (non-hydrogen) atoms. The molecule has 1 atom stereocenters. The van der Waals surface area contributed by atoms with Gasteiger partial charge in [0, 0.05) is 11.6 Å². The Hall–Kier alpha value is -1.66. The topological polar surface area (TPSA) is 95.5 Å². The number of nitro benzene ring substituents is 1. The van der Waals surface area contributed by atoms with E-state index in [-0.39, 0.29) is 18.1 Å². The largest absolute Gasteiger partial charge is 0.468 e. The molecule has 0 aromatic heterocycles. The average molecular weight is 261 g/mol. The van der Waals surface area contributed by atoms with Crippen LogP contribution in [0.2, 0.25) is 0 Å². The molecule has 6 nitrogen and oxygen atoms in total. The number of nitrogens with zero attached hydrogens (tertiary/aromatic N) is 1. The van der Waals surface area contributed by atoms with Crippen LogP contribution in [0.3, 0.4) is 0 Å². The number of rotatable bonds is 3. The van der Waals surface area contributed by atoms with E-state index < -0.39 is 16.9 Å². The summed E-state index contributed by atoms with van der Waals surface area (Å²) in [7, 11) is 1.21. The molecule has 0 radical (unpaired) electrons. The second-order valence-electron chi connectivity index (χ2n) is 3.30. The van der Waals surface area contributed by atoms with E-state index in [4.69, 9.17) is 5.73 Å². The zero-order valence-electron chi connectivity index (χ0n) is 9.38. The fourth-order valence-electron chi connectivity index (χ4n) is 1.28. The summed E-state index contributed by atoms with van der Waals surface area (Å²) in [5.41, 5.74) is 6.40. The van der Waals surface area contributed by atoms with Crippen molar-refractivity contribution >= 4 is 24.1 Å².